The molecule has 5 nitrogen and oxygen atoms in total. The number of methoxy groups -OCH3 is 1. The molecular formula is C19H16ClNO4. The standard InChI is InChI=1S/C19H16ClNO4/c1-23-17-6-2-14(3-7-17)12-15(13-21)19(22)25-11-10-24-18-8-4-16(20)5-9-18/h2-9,12H,10-11H2,1H3/b15-12+. The van der Waals surface area contributed by atoms with E-state index in [2.05, 4.69) is 0 Å². The predicted octanol–water partition coefficient (Wildman–Crippen LogP) is 3.88. The SMILES string of the molecule is COc1ccc(/C=C(\C#N)C(=O)OCCOc2ccc(Cl)cc2)cc1. The molecule has 0 aliphatic heterocycles. The van der Waals surface area contributed by atoms with Crippen molar-refractivity contribution in [1.29, 1.82) is 5.26 Å². The molecule has 0 amide bonds. The van der Waals surface area contributed by atoms with E-state index >= 15 is 0 Å². The van der Waals surface area contributed by atoms with Crippen LogP contribution >= 0.6 is 11.6 Å². The predicted molar refractivity (Wildman–Crippen MR) is 94.5 cm³/mol. The number of carbonyl (C=O) groups excluding carboxylic acids is 1. The van der Waals surface area contributed by atoms with Crippen LogP contribution in [0.2, 0.25) is 5.02 Å². The van der Waals surface area contributed by atoms with Crippen molar-refractivity contribution in [2.45, 2.75) is 0 Å². The monoisotopic (exact) mass is 357 g/mol. The maximum Gasteiger partial charge on any atom is 0.349 e. The highest BCUT2D eigenvalue weighted by Gasteiger charge is 2.10. The average molecular weight is 358 g/mol. The molecule has 0 aromatic heterocycles. The number of ether oxygens (including phenoxy) is 3. The normalized spacial score (nSPS) is 10.7. The van der Waals surface area contributed by atoms with Crippen molar-refractivity contribution in [1.82, 2.24) is 0 Å². The topological polar surface area (TPSA) is 68.5 Å². The molecule has 0 heterocycles. The van der Waals surface area contributed by atoms with Crippen molar-refractivity contribution in [2.24, 2.45) is 0 Å². The van der Waals surface area contributed by atoms with Gasteiger partial charge in [0.05, 0.1) is 7.11 Å². The first-order valence-electron chi connectivity index (χ1n) is 7.43. The molecule has 0 aliphatic rings. The molecular weight excluding hydrogens is 342 g/mol. The summed E-state index contributed by atoms with van der Waals surface area (Å²) in [5, 5.41) is 9.74. The lowest BCUT2D eigenvalue weighted by Gasteiger charge is -2.07. The third kappa shape index (κ3) is 5.87. The van der Waals surface area contributed by atoms with Crippen LogP contribution in [0.5, 0.6) is 11.5 Å². The molecule has 0 saturated heterocycles. The van der Waals surface area contributed by atoms with Gasteiger partial charge in [-0.05, 0) is 48.0 Å². The molecule has 0 aliphatic carbocycles. The molecule has 0 fully saturated rings. The van der Waals surface area contributed by atoms with E-state index in [0.29, 0.717) is 22.1 Å². The fourth-order valence-electron chi connectivity index (χ4n) is 1.91. The van der Waals surface area contributed by atoms with Gasteiger partial charge in [-0.3, -0.25) is 0 Å². The lowest BCUT2D eigenvalue weighted by atomic mass is 10.1. The molecule has 25 heavy (non-hydrogen) atoms. The first-order valence-corrected chi connectivity index (χ1v) is 7.81. The summed E-state index contributed by atoms with van der Waals surface area (Å²) < 4.78 is 15.5. The molecule has 0 spiro atoms. The Bertz CT molecular complexity index is 777. The zero-order chi connectivity index (χ0) is 18.1. The molecule has 0 bridgehead atoms. The Hall–Kier alpha value is -2.97. The number of hydrogen-bond donors (Lipinski definition) is 0. The highest BCUT2D eigenvalue weighted by molar-refractivity contribution is 6.30. The number of rotatable bonds is 7. The Labute approximate surface area is 151 Å². The summed E-state index contributed by atoms with van der Waals surface area (Å²) in [6, 6.07) is 15.7. The molecule has 128 valence electrons. The van der Waals surface area contributed by atoms with E-state index in [0.717, 1.165) is 0 Å². The Morgan fingerprint density at radius 2 is 1.72 bits per heavy atom. The van der Waals surface area contributed by atoms with Gasteiger partial charge in [0.2, 0.25) is 0 Å². The van der Waals surface area contributed by atoms with Crippen LogP contribution in [0.3, 0.4) is 0 Å². The quantitative estimate of drug-likeness (QED) is 0.325. The van der Waals surface area contributed by atoms with E-state index in [-0.39, 0.29) is 18.8 Å². The lowest BCUT2D eigenvalue weighted by molar-refractivity contribution is -0.139. The van der Waals surface area contributed by atoms with Gasteiger partial charge in [-0.25, -0.2) is 4.79 Å². The van der Waals surface area contributed by atoms with Gasteiger partial charge in [0, 0.05) is 5.02 Å². The maximum atomic E-state index is 11.9. The smallest absolute Gasteiger partial charge is 0.349 e. The van der Waals surface area contributed by atoms with E-state index in [1.165, 1.54) is 6.08 Å². The molecule has 0 N–H and O–H groups in total. The zero-order valence-corrected chi connectivity index (χ0v) is 14.3. The fraction of sp³-hybridized carbons (Fsp3) is 0.158. The van der Waals surface area contributed by atoms with Crippen molar-refractivity contribution in [2.75, 3.05) is 20.3 Å². The highest BCUT2D eigenvalue weighted by Crippen LogP contribution is 2.16. The Morgan fingerprint density at radius 3 is 2.32 bits per heavy atom. The van der Waals surface area contributed by atoms with Crippen LogP contribution in [0.1, 0.15) is 5.56 Å². The molecule has 0 unspecified atom stereocenters. The average Bonchev–Trinajstić information content (AvgIpc) is 2.65. The van der Waals surface area contributed by atoms with Crippen LogP contribution in [0, 0.1) is 11.3 Å². The Balaban J connectivity index is 1.85. The molecule has 0 radical (unpaired) electrons. The summed E-state index contributed by atoms with van der Waals surface area (Å²) in [5.41, 5.74) is 0.614. The van der Waals surface area contributed by atoms with Crippen molar-refractivity contribution >= 4 is 23.6 Å². The third-order valence-electron chi connectivity index (χ3n) is 3.17. The van der Waals surface area contributed by atoms with Crippen molar-refractivity contribution in [3.8, 4) is 17.6 Å². The summed E-state index contributed by atoms with van der Waals surface area (Å²) in [6.07, 6.45) is 1.46. The second-order valence-electron chi connectivity index (χ2n) is 4.88. The van der Waals surface area contributed by atoms with Crippen LogP contribution < -0.4 is 9.47 Å². The molecule has 6 heteroatoms. The van der Waals surface area contributed by atoms with Gasteiger partial charge in [0.15, 0.2) is 0 Å². The van der Waals surface area contributed by atoms with E-state index in [1.807, 2.05) is 6.07 Å². The van der Waals surface area contributed by atoms with Crippen molar-refractivity contribution in [3.63, 3.8) is 0 Å². The first-order chi connectivity index (χ1) is 12.1. The summed E-state index contributed by atoms with van der Waals surface area (Å²) >= 11 is 5.78. The van der Waals surface area contributed by atoms with Gasteiger partial charge in [0.25, 0.3) is 0 Å². The van der Waals surface area contributed by atoms with Crippen LogP contribution in [0.15, 0.2) is 54.1 Å². The Kier molecular flexibility index (Phi) is 6.87. The van der Waals surface area contributed by atoms with Crippen LogP contribution in [0.4, 0.5) is 0 Å². The molecule has 0 atom stereocenters. The van der Waals surface area contributed by atoms with E-state index in [1.54, 1.807) is 55.6 Å². The maximum absolute atomic E-state index is 11.9. The lowest BCUT2D eigenvalue weighted by Crippen LogP contribution is -2.13. The zero-order valence-electron chi connectivity index (χ0n) is 13.6. The van der Waals surface area contributed by atoms with Crippen LogP contribution in [-0.2, 0) is 9.53 Å². The minimum Gasteiger partial charge on any atom is -0.497 e. The van der Waals surface area contributed by atoms with Gasteiger partial charge in [-0.15, -0.1) is 0 Å². The van der Waals surface area contributed by atoms with Gasteiger partial charge < -0.3 is 14.2 Å². The first kappa shape index (κ1) is 18.4. The second-order valence-corrected chi connectivity index (χ2v) is 5.32. The van der Waals surface area contributed by atoms with Crippen molar-refractivity contribution in [3.05, 3.63) is 64.7 Å². The Morgan fingerprint density at radius 1 is 1.08 bits per heavy atom. The second kappa shape index (κ2) is 9.36. The van der Waals surface area contributed by atoms with Gasteiger partial charge in [0.1, 0.15) is 36.4 Å². The van der Waals surface area contributed by atoms with Crippen LogP contribution in [0.25, 0.3) is 6.08 Å². The van der Waals surface area contributed by atoms with E-state index < -0.39 is 5.97 Å². The minimum absolute atomic E-state index is 0.0308. The summed E-state index contributed by atoms with van der Waals surface area (Å²) in [4.78, 5) is 11.9. The van der Waals surface area contributed by atoms with Crippen molar-refractivity contribution < 1.29 is 19.0 Å². The number of carbonyl (C=O) groups is 1. The summed E-state index contributed by atoms with van der Waals surface area (Å²) in [5.74, 6) is 0.616. The number of nitriles is 1. The van der Waals surface area contributed by atoms with Gasteiger partial charge in [-0.1, -0.05) is 23.7 Å². The summed E-state index contributed by atoms with van der Waals surface area (Å²) in [7, 11) is 1.56. The van der Waals surface area contributed by atoms with E-state index in [9.17, 15) is 4.79 Å². The molecule has 2 rings (SSSR count). The van der Waals surface area contributed by atoms with Gasteiger partial charge in [-0.2, -0.15) is 5.26 Å². The fourth-order valence-corrected chi connectivity index (χ4v) is 2.03. The third-order valence-corrected chi connectivity index (χ3v) is 3.42. The number of hydrogen-bond acceptors (Lipinski definition) is 5. The molecule has 0 saturated carbocycles. The number of esters is 1. The van der Waals surface area contributed by atoms with Gasteiger partial charge >= 0.3 is 5.97 Å². The molecule has 2 aromatic carbocycles. The summed E-state index contributed by atoms with van der Waals surface area (Å²) in [6.45, 7) is 0.206. The highest BCUT2D eigenvalue weighted by atomic mass is 35.5. The minimum atomic E-state index is -0.696. The van der Waals surface area contributed by atoms with Crippen LogP contribution in [-0.4, -0.2) is 26.3 Å². The molecule has 2 aromatic rings. The number of halogens is 1. The van der Waals surface area contributed by atoms with E-state index in [4.69, 9.17) is 31.1 Å². The number of nitrogens with zero attached hydrogens (tertiary/aromatic N) is 1. The largest absolute Gasteiger partial charge is 0.497 e. The number of benzene rings is 2.